The van der Waals surface area contributed by atoms with Crippen molar-refractivity contribution in [3.63, 3.8) is 0 Å². The Morgan fingerprint density at radius 1 is 1.08 bits per heavy atom. The van der Waals surface area contributed by atoms with Crippen LogP contribution in [0.1, 0.15) is 30.1 Å². The zero-order valence-corrected chi connectivity index (χ0v) is 14.2. The smallest absolute Gasteiger partial charge is 0.207 e. The molecule has 1 atom stereocenters. The van der Waals surface area contributed by atoms with Crippen LogP contribution in [-0.4, -0.2) is 26.1 Å². The molecule has 0 bridgehead atoms. The lowest BCUT2D eigenvalue weighted by Gasteiger charge is -2.20. The van der Waals surface area contributed by atoms with Gasteiger partial charge in [0.15, 0.2) is 6.10 Å². The molecule has 128 valence electrons. The van der Waals surface area contributed by atoms with Gasteiger partial charge in [-0.25, -0.2) is 0 Å². The molecule has 0 aromatic heterocycles. The van der Waals surface area contributed by atoms with E-state index in [-0.39, 0.29) is 5.78 Å². The van der Waals surface area contributed by atoms with E-state index >= 15 is 0 Å². The molecule has 0 aliphatic heterocycles. The van der Waals surface area contributed by atoms with Crippen molar-refractivity contribution >= 4 is 11.5 Å². The molecule has 0 saturated carbocycles. The van der Waals surface area contributed by atoms with Gasteiger partial charge in [-0.05, 0) is 30.7 Å². The average Bonchev–Trinajstić information content (AvgIpc) is 2.61. The summed E-state index contributed by atoms with van der Waals surface area (Å²) in [5, 5.41) is 0. The van der Waals surface area contributed by atoms with Gasteiger partial charge in [-0.15, -0.1) is 0 Å². The van der Waals surface area contributed by atoms with E-state index in [0.29, 0.717) is 34.9 Å². The summed E-state index contributed by atoms with van der Waals surface area (Å²) < 4.78 is 16.4. The van der Waals surface area contributed by atoms with Gasteiger partial charge in [0.05, 0.1) is 25.5 Å². The monoisotopic (exact) mass is 329 g/mol. The first-order valence-electron chi connectivity index (χ1n) is 7.88. The van der Waals surface area contributed by atoms with Crippen molar-refractivity contribution in [1.82, 2.24) is 0 Å². The molecule has 5 nitrogen and oxygen atoms in total. The van der Waals surface area contributed by atoms with Gasteiger partial charge in [0.1, 0.15) is 17.2 Å². The number of rotatable bonds is 8. The second-order valence-corrected chi connectivity index (χ2v) is 5.36. The number of anilines is 1. The van der Waals surface area contributed by atoms with Gasteiger partial charge in [0, 0.05) is 6.07 Å². The average molecular weight is 329 g/mol. The number of methoxy groups -OCH3 is 2. The maximum atomic E-state index is 12.9. The number of ether oxygens (including phenoxy) is 3. The molecule has 1 unspecified atom stereocenters. The van der Waals surface area contributed by atoms with Crippen LogP contribution in [0.25, 0.3) is 0 Å². The Hall–Kier alpha value is -2.69. The minimum Gasteiger partial charge on any atom is -0.497 e. The minimum atomic E-state index is -0.623. The Bertz CT molecular complexity index is 700. The van der Waals surface area contributed by atoms with E-state index in [0.717, 1.165) is 6.42 Å². The third kappa shape index (κ3) is 3.98. The summed E-state index contributed by atoms with van der Waals surface area (Å²) in [5.74, 6) is 1.46. The number of nitrogens with two attached hydrogens (primary N) is 1. The Morgan fingerprint density at radius 3 is 2.46 bits per heavy atom. The third-order valence-corrected chi connectivity index (χ3v) is 3.71. The van der Waals surface area contributed by atoms with Crippen molar-refractivity contribution in [2.24, 2.45) is 0 Å². The van der Waals surface area contributed by atoms with Crippen LogP contribution in [0.5, 0.6) is 17.2 Å². The largest absolute Gasteiger partial charge is 0.497 e. The Kier molecular flexibility index (Phi) is 6.07. The second kappa shape index (κ2) is 8.24. The van der Waals surface area contributed by atoms with Gasteiger partial charge in [0.25, 0.3) is 0 Å². The summed E-state index contributed by atoms with van der Waals surface area (Å²) >= 11 is 0. The number of nitrogen functional groups attached to an aromatic ring is 1. The molecule has 0 aliphatic carbocycles. The molecule has 0 heterocycles. The number of carbonyl (C=O) groups is 1. The molecule has 2 N–H and O–H groups in total. The topological polar surface area (TPSA) is 70.8 Å². The number of hydrogen-bond acceptors (Lipinski definition) is 5. The zero-order chi connectivity index (χ0) is 17.5. The normalized spacial score (nSPS) is 11.6. The van der Waals surface area contributed by atoms with Crippen LogP contribution in [0, 0.1) is 0 Å². The zero-order valence-electron chi connectivity index (χ0n) is 14.2. The van der Waals surface area contributed by atoms with E-state index in [1.807, 2.05) is 19.1 Å². The van der Waals surface area contributed by atoms with Crippen LogP contribution < -0.4 is 19.9 Å². The highest BCUT2D eigenvalue weighted by molar-refractivity contribution is 6.02. The molecule has 0 fully saturated rings. The van der Waals surface area contributed by atoms with Crippen molar-refractivity contribution in [3.05, 3.63) is 48.0 Å². The van der Waals surface area contributed by atoms with Gasteiger partial charge in [-0.2, -0.15) is 0 Å². The molecule has 2 aromatic carbocycles. The van der Waals surface area contributed by atoms with E-state index in [2.05, 4.69) is 0 Å². The molecule has 2 rings (SSSR count). The van der Waals surface area contributed by atoms with E-state index in [1.165, 1.54) is 7.11 Å². The van der Waals surface area contributed by atoms with Gasteiger partial charge >= 0.3 is 0 Å². The predicted molar refractivity (Wildman–Crippen MR) is 94.1 cm³/mol. The van der Waals surface area contributed by atoms with Crippen LogP contribution >= 0.6 is 0 Å². The molecule has 0 amide bonds. The lowest BCUT2D eigenvalue weighted by Crippen LogP contribution is -2.28. The Balaban J connectivity index is 2.31. The number of Topliss-reactive ketones (excluding diaryl/α,β-unsaturated/α-hetero) is 1. The van der Waals surface area contributed by atoms with Crippen LogP contribution in [0.2, 0.25) is 0 Å². The van der Waals surface area contributed by atoms with Crippen molar-refractivity contribution in [2.45, 2.75) is 25.9 Å². The quantitative estimate of drug-likeness (QED) is 0.590. The van der Waals surface area contributed by atoms with E-state index in [9.17, 15) is 4.79 Å². The SMILES string of the molecule is CCCC(Oc1ccccc1N)C(=O)c1ccc(OC)cc1OC. The minimum absolute atomic E-state index is 0.139. The molecule has 0 saturated heterocycles. The highest BCUT2D eigenvalue weighted by atomic mass is 16.5. The lowest BCUT2D eigenvalue weighted by molar-refractivity contribution is 0.0775. The first-order valence-corrected chi connectivity index (χ1v) is 7.88. The van der Waals surface area contributed by atoms with Crippen molar-refractivity contribution < 1.29 is 19.0 Å². The Labute approximate surface area is 142 Å². The molecular formula is C19H23NO4. The fraction of sp³-hybridized carbons (Fsp3) is 0.316. The second-order valence-electron chi connectivity index (χ2n) is 5.36. The van der Waals surface area contributed by atoms with Crippen LogP contribution in [-0.2, 0) is 0 Å². The first-order chi connectivity index (χ1) is 11.6. The van der Waals surface area contributed by atoms with Gasteiger partial charge in [-0.1, -0.05) is 25.5 Å². The number of hydrogen-bond donors (Lipinski definition) is 1. The maximum absolute atomic E-state index is 12.9. The highest BCUT2D eigenvalue weighted by Gasteiger charge is 2.25. The number of ketones is 1. The summed E-state index contributed by atoms with van der Waals surface area (Å²) in [6.45, 7) is 2.00. The van der Waals surface area contributed by atoms with Crippen LogP contribution in [0.4, 0.5) is 5.69 Å². The summed E-state index contributed by atoms with van der Waals surface area (Å²) in [6.07, 6.45) is 0.770. The van der Waals surface area contributed by atoms with Gasteiger partial charge in [0.2, 0.25) is 5.78 Å². The number of para-hydroxylation sites is 2. The fourth-order valence-electron chi connectivity index (χ4n) is 2.42. The number of benzene rings is 2. The molecule has 0 aliphatic rings. The van der Waals surface area contributed by atoms with Gasteiger partial charge in [-0.3, -0.25) is 4.79 Å². The van der Waals surface area contributed by atoms with Crippen LogP contribution in [0.15, 0.2) is 42.5 Å². The Morgan fingerprint density at radius 2 is 1.83 bits per heavy atom. The molecule has 0 radical (unpaired) electrons. The summed E-state index contributed by atoms with van der Waals surface area (Å²) in [4.78, 5) is 12.9. The third-order valence-electron chi connectivity index (χ3n) is 3.71. The first kappa shape index (κ1) is 17.7. The number of carbonyl (C=O) groups excluding carboxylic acids is 1. The molecule has 5 heteroatoms. The maximum Gasteiger partial charge on any atom is 0.207 e. The van der Waals surface area contributed by atoms with Crippen LogP contribution in [0.3, 0.4) is 0 Å². The standard InChI is InChI=1S/C19H23NO4/c1-4-7-17(24-16-9-6-5-8-15(16)20)19(21)14-11-10-13(22-2)12-18(14)23-3/h5-6,8-12,17H,4,7,20H2,1-3H3. The summed E-state index contributed by atoms with van der Waals surface area (Å²) in [5.41, 5.74) is 6.89. The van der Waals surface area contributed by atoms with E-state index in [4.69, 9.17) is 19.9 Å². The van der Waals surface area contributed by atoms with E-state index < -0.39 is 6.10 Å². The summed E-state index contributed by atoms with van der Waals surface area (Å²) in [6, 6.07) is 12.3. The molecule has 2 aromatic rings. The lowest BCUT2D eigenvalue weighted by atomic mass is 10.0. The fourth-order valence-corrected chi connectivity index (χ4v) is 2.42. The van der Waals surface area contributed by atoms with Crippen molar-refractivity contribution in [2.75, 3.05) is 20.0 Å². The van der Waals surface area contributed by atoms with Crippen molar-refractivity contribution in [3.8, 4) is 17.2 Å². The molecule has 24 heavy (non-hydrogen) atoms. The molecule has 0 spiro atoms. The highest BCUT2D eigenvalue weighted by Crippen LogP contribution is 2.29. The van der Waals surface area contributed by atoms with Crippen molar-refractivity contribution in [1.29, 1.82) is 0 Å². The molecular weight excluding hydrogens is 306 g/mol. The summed E-state index contributed by atoms with van der Waals surface area (Å²) in [7, 11) is 3.09. The van der Waals surface area contributed by atoms with Gasteiger partial charge < -0.3 is 19.9 Å². The van der Waals surface area contributed by atoms with E-state index in [1.54, 1.807) is 37.4 Å². The predicted octanol–water partition coefficient (Wildman–Crippen LogP) is 3.72.